The highest BCUT2D eigenvalue weighted by molar-refractivity contribution is 7.99. The lowest BCUT2D eigenvalue weighted by molar-refractivity contribution is 0.974. The minimum atomic E-state index is -0.149. The van der Waals surface area contributed by atoms with E-state index in [-0.39, 0.29) is 6.04 Å². The molecule has 0 aliphatic carbocycles. The third-order valence-corrected chi connectivity index (χ3v) is 3.02. The molecule has 0 fully saturated rings. The topological polar surface area (TPSA) is 26.0 Å². The van der Waals surface area contributed by atoms with Crippen LogP contribution in [0.2, 0.25) is 0 Å². The zero-order chi connectivity index (χ0) is 9.68. The van der Waals surface area contributed by atoms with Gasteiger partial charge in [0, 0.05) is 10.6 Å². The minimum absolute atomic E-state index is 0.149. The molecule has 1 rings (SSSR count). The van der Waals surface area contributed by atoms with Gasteiger partial charge in [-0.1, -0.05) is 24.1 Å². The molecule has 1 nitrogen and oxygen atoms in total. The second-order valence-corrected chi connectivity index (χ2v) is 3.91. The summed E-state index contributed by atoms with van der Waals surface area (Å²) in [5.74, 6) is 3.29. The van der Waals surface area contributed by atoms with E-state index >= 15 is 0 Å². The molecule has 0 aromatic heterocycles. The minimum Gasteiger partial charge on any atom is -0.317 e. The van der Waals surface area contributed by atoms with Gasteiger partial charge in [-0.3, -0.25) is 0 Å². The molecule has 0 spiro atoms. The highest BCUT2D eigenvalue weighted by Crippen LogP contribution is 2.21. The predicted molar refractivity (Wildman–Crippen MR) is 58.7 cm³/mol. The molecule has 2 heteroatoms. The third-order valence-electron chi connectivity index (χ3n) is 1.73. The summed E-state index contributed by atoms with van der Waals surface area (Å²) < 4.78 is 0. The molecule has 0 saturated carbocycles. The zero-order valence-corrected chi connectivity index (χ0v) is 8.47. The molecule has 2 N–H and O–H groups in total. The van der Waals surface area contributed by atoms with Crippen LogP contribution in [0, 0.1) is 19.3 Å². The maximum Gasteiger partial charge on any atom is 0.0757 e. The van der Waals surface area contributed by atoms with Crippen LogP contribution in [0.4, 0.5) is 0 Å². The lowest BCUT2D eigenvalue weighted by Gasteiger charge is -2.06. The van der Waals surface area contributed by atoms with Gasteiger partial charge >= 0.3 is 0 Å². The molecule has 0 aliphatic rings. The number of thioether (sulfide) groups is 1. The van der Waals surface area contributed by atoms with Crippen molar-refractivity contribution < 1.29 is 0 Å². The van der Waals surface area contributed by atoms with Gasteiger partial charge in [0.25, 0.3) is 0 Å². The first kappa shape index (κ1) is 10.2. The summed E-state index contributed by atoms with van der Waals surface area (Å²) in [7, 11) is 0. The Morgan fingerprint density at radius 1 is 1.54 bits per heavy atom. The molecule has 0 heterocycles. The zero-order valence-electron chi connectivity index (χ0n) is 7.66. The summed E-state index contributed by atoms with van der Waals surface area (Å²) in [6, 6.07) is 8.08. The van der Waals surface area contributed by atoms with Crippen molar-refractivity contribution in [2.45, 2.75) is 17.9 Å². The van der Waals surface area contributed by atoms with Gasteiger partial charge in [-0.25, -0.2) is 0 Å². The Morgan fingerprint density at radius 3 is 2.85 bits per heavy atom. The third kappa shape index (κ3) is 3.14. The molecular weight excluding hydrogens is 178 g/mol. The average Bonchev–Trinajstić information content (AvgIpc) is 2.16. The summed E-state index contributed by atoms with van der Waals surface area (Å²) >= 11 is 1.71. The number of aryl methyl sites for hydroxylation is 1. The van der Waals surface area contributed by atoms with Gasteiger partial charge in [-0.05, 0) is 18.6 Å². The van der Waals surface area contributed by atoms with E-state index < -0.39 is 0 Å². The van der Waals surface area contributed by atoms with Gasteiger partial charge in [0.15, 0.2) is 0 Å². The van der Waals surface area contributed by atoms with Crippen molar-refractivity contribution in [3.05, 3.63) is 29.8 Å². The first-order valence-corrected chi connectivity index (χ1v) is 5.12. The van der Waals surface area contributed by atoms with Crippen molar-refractivity contribution in [2.75, 3.05) is 5.75 Å². The smallest absolute Gasteiger partial charge is 0.0757 e. The number of benzene rings is 1. The monoisotopic (exact) mass is 191 g/mol. The molecule has 1 unspecified atom stereocenters. The van der Waals surface area contributed by atoms with Crippen molar-refractivity contribution in [1.29, 1.82) is 0 Å². The van der Waals surface area contributed by atoms with E-state index in [0.717, 1.165) is 5.75 Å². The van der Waals surface area contributed by atoms with Gasteiger partial charge in [-0.2, -0.15) is 0 Å². The number of hydrogen-bond acceptors (Lipinski definition) is 2. The quantitative estimate of drug-likeness (QED) is 0.584. The Hall–Kier alpha value is -0.910. The van der Waals surface area contributed by atoms with Crippen molar-refractivity contribution in [3.8, 4) is 12.3 Å². The predicted octanol–water partition coefficient (Wildman–Crippen LogP) is 2.05. The molecule has 1 aromatic rings. The molecule has 1 aromatic carbocycles. The Morgan fingerprint density at radius 2 is 2.23 bits per heavy atom. The Kier molecular flexibility index (Phi) is 3.88. The summed E-state index contributed by atoms with van der Waals surface area (Å²) in [5.41, 5.74) is 6.89. The van der Waals surface area contributed by atoms with E-state index in [2.05, 4.69) is 25.0 Å². The molecule has 0 bridgehead atoms. The fourth-order valence-electron chi connectivity index (χ4n) is 0.946. The number of rotatable bonds is 3. The van der Waals surface area contributed by atoms with E-state index in [0.29, 0.717) is 0 Å². The summed E-state index contributed by atoms with van der Waals surface area (Å²) in [4.78, 5) is 1.26. The Balaban J connectivity index is 2.56. The first-order valence-electron chi connectivity index (χ1n) is 4.14. The number of hydrogen-bond donors (Lipinski definition) is 1. The van der Waals surface area contributed by atoms with Crippen molar-refractivity contribution in [1.82, 2.24) is 0 Å². The van der Waals surface area contributed by atoms with Gasteiger partial charge in [-0.15, -0.1) is 18.2 Å². The number of terminal acetylenes is 1. The van der Waals surface area contributed by atoms with E-state index in [4.69, 9.17) is 12.2 Å². The molecule has 0 aliphatic heterocycles. The van der Waals surface area contributed by atoms with Crippen LogP contribution in [-0.2, 0) is 0 Å². The van der Waals surface area contributed by atoms with Crippen LogP contribution in [0.5, 0.6) is 0 Å². The largest absolute Gasteiger partial charge is 0.317 e. The van der Waals surface area contributed by atoms with Crippen LogP contribution in [0.25, 0.3) is 0 Å². The standard InChI is InChI=1S/C11H13NS/c1-3-10(12)8-13-11-7-5-4-6-9(11)2/h1,4-7,10H,8,12H2,2H3. The van der Waals surface area contributed by atoms with Gasteiger partial charge in [0.2, 0.25) is 0 Å². The lowest BCUT2D eigenvalue weighted by atomic mass is 10.2. The van der Waals surface area contributed by atoms with E-state index in [9.17, 15) is 0 Å². The van der Waals surface area contributed by atoms with Gasteiger partial charge < -0.3 is 5.73 Å². The van der Waals surface area contributed by atoms with E-state index in [1.807, 2.05) is 12.1 Å². The second-order valence-electron chi connectivity index (χ2n) is 2.85. The van der Waals surface area contributed by atoms with Gasteiger partial charge in [0.05, 0.1) is 6.04 Å². The average molecular weight is 191 g/mol. The first-order chi connectivity index (χ1) is 6.24. The fraction of sp³-hybridized carbons (Fsp3) is 0.273. The fourth-order valence-corrected chi connectivity index (χ4v) is 1.87. The summed E-state index contributed by atoms with van der Waals surface area (Å²) in [6.07, 6.45) is 5.19. The van der Waals surface area contributed by atoms with Crippen molar-refractivity contribution in [2.24, 2.45) is 5.73 Å². The van der Waals surface area contributed by atoms with Crippen molar-refractivity contribution in [3.63, 3.8) is 0 Å². The Bertz CT molecular complexity index is 314. The molecule has 0 radical (unpaired) electrons. The lowest BCUT2D eigenvalue weighted by Crippen LogP contribution is -2.19. The SMILES string of the molecule is C#CC(N)CSc1ccccc1C. The highest BCUT2D eigenvalue weighted by Gasteiger charge is 2.00. The van der Waals surface area contributed by atoms with Crippen molar-refractivity contribution >= 4 is 11.8 Å². The van der Waals surface area contributed by atoms with Crippen LogP contribution in [-0.4, -0.2) is 11.8 Å². The summed E-state index contributed by atoms with van der Waals surface area (Å²) in [6.45, 7) is 2.09. The molecule has 13 heavy (non-hydrogen) atoms. The second kappa shape index (κ2) is 4.96. The number of nitrogens with two attached hydrogens (primary N) is 1. The van der Waals surface area contributed by atoms with E-state index in [1.54, 1.807) is 11.8 Å². The molecule has 0 saturated heterocycles. The molecular formula is C11H13NS. The van der Waals surface area contributed by atoms with Gasteiger partial charge in [0.1, 0.15) is 0 Å². The van der Waals surface area contributed by atoms with E-state index in [1.165, 1.54) is 10.5 Å². The maximum atomic E-state index is 5.61. The highest BCUT2D eigenvalue weighted by atomic mass is 32.2. The van der Waals surface area contributed by atoms with Crippen LogP contribution < -0.4 is 5.73 Å². The summed E-state index contributed by atoms with van der Waals surface area (Å²) in [5, 5.41) is 0. The van der Waals surface area contributed by atoms with Crippen LogP contribution in [0.1, 0.15) is 5.56 Å². The van der Waals surface area contributed by atoms with Crippen LogP contribution >= 0.6 is 11.8 Å². The van der Waals surface area contributed by atoms with Crippen LogP contribution in [0.3, 0.4) is 0 Å². The molecule has 0 amide bonds. The Labute approximate surface area is 83.7 Å². The maximum absolute atomic E-state index is 5.61. The van der Waals surface area contributed by atoms with Crippen LogP contribution in [0.15, 0.2) is 29.2 Å². The normalized spacial score (nSPS) is 12.1. The molecule has 68 valence electrons. The molecule has 1 atom stereocenters.